The first-order valence-corrected chi connectivity index (χ1v) is 8.69. The second-order valence-electron chi connectivity index (χ2n) is 9.79. The van der Waals surface area contributed by atoms with Crippen molar-refractivity contribution < 1.29 is 9.53 Å². The van der Waals surface area contributed by atoms with Crippen LogP contribution in [0.3, 0.4) is 0 Å². The zero-order chi connectivity index (χ0) is 15.9. The SMILES string of the molecule is CC1(C)CCCC(C)(OC(=O)C2(C)CCCC(C)(C)C2)C1. The van der Waals surface area contributed by atoms with Crippen LogP contribution in [0, 0.1) is 16.2 Å². The normalized spacial score (nSPS) is 38.8. The summed E-state index contributed by atoms with van der Waals surface area (Å²) >= 11 is 0. The Hall–Kier alpha value is -0.530. The number of rotatable bonds is 2. The van der Waals surface area contributed by atoms with E-state index in [0.29, 0.717) is 5.41 Å². The highest BCUT2D eigenvalue weighted by Gasteiger charge is 2.47. The minimum Gasteiger partial charge on any atom is -0.459 e. The van der Waals surface area contributed by atoms with Crippen molar-refractivity contribution >= 4 is 5.97 Å². The van der Waals surface area contributed by atoms with Gasteiger partial charge in [0.1, 0.15) is 5.60 Å². The predicted octanol–water partition coefficient (Wildman–Crippen LogP) is 5.50. The van der Waals surface area contributed by atoms with E-state index in [2.05, 4.69) is 41.5 Å². The molecule has 0 heterocycles. The lowest BCUT2D eigenvalue weighted by Crippen LogP contribution is -2.46. The van der Waals surface area contributed by atoms with E-state index < -0.39 is 0 Å². The molecule has 2 heteroatoms. The maximum Gasteiger partial charge on any atom is 0.312 e. The average molecular weight is 294 g/mol. The fourth-order valence-electron chi connectivity index (χ4n) is 4.93. The maximum atomic E-state index is 12.9. The zero-order valence-electron chi connectivity index (χ0n) is 15.0. The van der Waals surface area contributed by atoms with E-state index in [9.17, 15) is 4.79 Å². The van der Waals surface area contributed by atoms with Crippen molar-refractivity contribution in [1.29, 1.82) is 0 Å². The Morgan fingerprint density at radius 1 is 0.762 bits per heavy atom. The summed E-state index contributed by atoms with van der Waals surface area (Å²) in [7, 11) is 0. The molecule has 2 aliphatic carbocycles. The van der Waals surface area contributed by atoms with Gasteiger partial charge in [-0.3, -0.25) is 4.79 Å². The first-order valence-electron chi connectivity index (χ1n) is 8.69. The van der Waals surface area contributed by atoms with E-state index >= 15 is 0 Å². The van der Waals surface area contributed by atoms with Crippen molar-refractivity contribution in [1.82, 2.24) is 0 Å². The van der Waals surface area contributed by atoms with Crippen molar-refractivity contribution in [2.75, 3.05) is 0 Å². The lowest BCUT2D eigenvalue weighted by atomic mass is 9.64. The van der Waals surface area contributed by atoms with Gasteiger partial charge >= 0.3 is 5.97 Å². The topological polar surface area (TPSA) is 26.3 Å². The summed E-state index contributed by atoms with van der Waals surface area (Å²) in [6, 6.07) is 0. The Kier molecular flexibility index (Phi) is 4.23. The van der Waals surface area contributed by atoms with Crippen LogP contribution in [0.5, 0.6) is 0 Å². The average Bonchev–Trinajstić information content (AvgIpc) is 2.24. The molecule has 21 heavy (non-hydrogen) atoms. The molecule has 2 fully saturated rings. The Bertz CT molecular complexity index is 410. The van der Waals surface area contributed by atoms with Crippen LogP contribution in [0.4, 0.5) is 0 Å². The fraction of sp³-hybridized carbons (Fsp3) is 0.947. The molecule has 0 aromatic rings. The number of ether oxygens (including phenoxy) is 1. The summed E-state index contributed by atoms with van der Waals surface area (Å²) in [5.74, 6) is 0.0514. The van der Waals surface area contributed by atoms with Crippen LogP contribution in [0.15, 0.2) is 0 Å². The second-order valence-corrected chi connectivity index (χ2v) is 9.79. The number of carbonyl (C=O) groups is 1. The first kappa shape index (κ1) is 16.8. The van der Waals surface area contributed by atoms with Gasteiger partial charge in [-0.1, -0.05) is 34.1 Å². The summed E-state index contributed by atoms with van der Waals surface area (Å²) in [4.78, 5) is 12.9. The molecule has 0 bridgehead atoms. The van der Waals surface area contributed by atoms with Gasteiger partial charge in [0, 0.05) is 0 Å². The third kappa shape index (κ3) is 4.02. The summed E-state index contributed by atoms with van der Waals surface area (Å²) < 4.78 is 6.11. The van der Waals surface area contributed by atoms with Gasteiger partial charge in [-0.25, -0.2) is 0 Å². The van der Waals surface area contributed by atoms with Gasteiger partial charge in [0.05, 0.1) is 5.41 Å². The summed E-state index contributed by atoms with van der Waals surface area (Å²) in [5, 5.41) is 0. The van der Waals surface area contributed by atoms with Gasteiger partial charge in [0.25, 0.3) is 0 Å². The minimum absolute atomic E-state index is 0.0514. The summed E-state index contributed by atoms with van der Waals surface area (Å²) in [6.07, 6.45) is 8.71. The smallest absolute Gasteiger partial charge is 0.312 e. The van der Waals surface area contributed by atoms with Gasteiger partial charge in [-0.2, -0.15) is 0 Å². The Labute approximate surface area is 131 Å². The summed E-state index contributed by atoms with van der Waals surface area (Å²) in [5.41, 5.74) is 0.00850. The Morgan fingerprint density at radius 2 is 1.29 bits per heavy atom. The van der Waals surface area contributed by atoms with Crippen molar-refractivity contribution in [3.63, 3.8) is 0 Å². The lowest BCUT2D eigenvalue weighted by Gasteiger charge is -2.46. The fourth-order valence-corrected chi connectivity index (χ4v) is 4.93. The van der Waals surface area contributed by atoms with E-state index in [0.717, 1.165) is 32.1 Å². The van der Waals surface area contributed by atoms with Crippen molar-refractivity contribution in [3.05, 3.63) is 0 Å². The molecule has 0 spiro atoms. The highest BCUT2D eigenvalue weighted by atomic mass is 16.6. The molecule has 0 radical (unpaired) electrons. The second kappa shape index (κ2) is 5.28. The highest BCUT2D eigenvalue weighted by Crippen LogP contribution is 2.49. The van der Waals surface area contributed by atoms with E-state index in [1.165, 1.54) is 19.3 Å². The first-order chi connectivity index (χ1) is 9.46. The standard InChI is InChI=1S/C19H34O2/c1-16(2)9-7-11-18(5,13-16)15(20)21-19(6)12-8-10-17(3,4)14-19/h7-14H2,1-6H3. The Balaban J connectivity index is 2.06. The van der Waals surface area contributed by atoms with Crippen LogP contribution in [-0.4, -0.2) is 11.6 Å². The highest BCUT2D eigenvalue weighted by molar-refractivity contribution is 5.77. The molecule has 0 aromatic heterocycles. The van der Waals surface area contributed by atoms with E-state index in [4.69, 9.17) is 4.74 Å². The van der Waals surface area contributed by atoms with Gasteiger partial charge in [-0.05, 0) is 69.6 Å². The third-order valence-electron chi connectivity index (χ3n) is 5.69. The minimum atomic E-state index is -0.285. The summed E-state index contributed by atoms with van der Waals surface area (Å²) in [6.45, 7) is 13.4. The van der Waals surface area contributed by atoms with E-state index in [-0.39, 0.29) is 22.4 Å². The van der Waals surface area contributed by atoms with E-state index in [1.54, 1.807) is 0 Å². The van der Waals surface area contributed by atoms with Crippen LogP contribution in [0.2, 0.25) is 0 Å². The molecular weight excluding hydrogens is 260 g/mol. The molecule has 2 unspecified atom stereocenters. The van der Waals surface area contributed by atoms with Crippen molar-refractivity contribution in [2.24, 2.45) is 16.2 Å². The van der Waals surface area contributed by atoms with Gasteiger partial charge < -0.3 is 4.74 Å². The maximum absolute atomic E-state index is 12.9. The molecule has 2 saturated carbocycles. The molecule has 2 rings (SSSR count). The van der Waals surface area contributed by atoms with Crippen LogP contribution in [-0.2, 0) is 9.53 Å². The molecule has 0 aliphatic heterocycles. The van der Waals surface area contributed by atoms with Crippen LogP contribution >= 0.6 is 0 Å². The zero-order valence-corrected chi connectivity index (χ0v) is 15.0. The number of hydrogen-bond donors (Lipinski definition) is 0. The van der Waals surface area contributed by atoms with Gasteiger partial charge in [-0.15, -0.1) is 0 Å². The molecule has 122 valence electrons. The number of carbonyl (C=O) groups excluding carboxylic acids is 1. The van der Waals surface area contributed by atoms with Crippen molar-refractivity contribution in [3.8, 4) is 0 Å². The number of esters is 1. The molecule has 2 nitrogen and oxygen atoms in total. The monoisotopic (exact) mass is 294 g/mol. The largest absolute Gasteiger partial charge is 0.459 e. The Morgan fingerprint density at radius 3 is 1.81 bits per heavy atom. The lowest BCUT2D eigenvalue weighted by molar-refractivity contribution is -0.180. The molecule has 0 N–H and O–H groups in total. The van der Waals surface area contributed by atoms with Crippen LogP contribution in [0.1, 0.15) is 92.9 Å². The molecule has 0 saturated heterocycles. The third-order valence-corrected chi connectivity index (χ3v) is 5.69. The van der Waals surface area contributed by atoms with Crippen LogP contribution in [0.25, 0.3) is 0 Å². The number of hydrogen-bond acceptors (Lipinski definition) is 2. The van der Waals surface area contributed by atoms with Gasteiger partial charge in [0.2, 0.25) is 0 Å². The molecule has 2 aliphatic rings. The molecule has 2 atom stereocenters. The van der Waals surface area contributed by atoms with Crippen LogP contribution < -0.4 is 0 Å². The van der Waals surface area contributed by atoms with Crippen molar-refractivity contribution in [2.45, 2.75) is 98.5 Å². The quantitative estimate of drug-likeness (QED) is 0.629. The van der Waals surface area contributed by atoms with E-state index in [1.807, 2.05) is 0 Å². The van der Waals surface area contributed by atoms with Gasteiger partial charge in [0.15, 0.2) is 0 Å². The predicted molar refractivity (Wildman–Crippen MR) is 87.1 cm³/mol. The molecule has 0 aromatic carbocycles. The molecular formula is C19H34O2. The molecule has 0 amide bonds.